The van der Waals surface area contributed by atoms with Crippen molar-refractivity contribution < 1.29 is 28.6 Å². The van der Waals surface area contributed by atoms with Gasteiger partial charge in [-0.15, -0.1) is 0 Å². The first-order valence-corrected chi connectivity index (χ1v) is 6.85. The monoisotopic (exact) mass is 299 g/mol. The highest BCUT2D eigenvalue weighted by molar-refractivity contribution is 5.96. The molecule has 7 heteroatoms. The molecule has 0 aliphatic carbocycles. The second-order valence-corrected chi connectivity index (χ2v) is 4.58. The predicted molar refractivity (Wildman–Crippen MR) is 72.9 cm³/mol. The number of esters is 2. The Morgan fingerprint density at radius 2 is 1.76 bits per heavy atom. The second kappa shape index (κ2) is 7.66. The standard InChI is InChI=1S/C14H21NO6/c1-5-20-13(17)11(14(18)21-6-2)8(3)12-9(19-4)7-10(16)15-12/h7-8,11-12H,5-6H2,1-4H3,(H,15,16)/t8-,12-/m1/s1. The van der Waals surface area contributed by atoms with E-state index in [9.17, 15) is 14.4 Å². The van der Waals surface area contributed by atoms with Crippen molar-refractivity contribution in [3.05, 3.63) is 11.8 Å². The molecule has 1 aliphatic heterocycles. The van der Waals surface area contributed by atoms with Gasteiger partial charge < -0.3 is 19.5 Å². The molecule has 1 N–H and O–H groups in total. The molecule has 1 aliphatic rings. The lowest BCUT2D eigenvalue weighted by Gasteiger charge is -2.26. The largest absolute Gasteiger partial charge is 0.499 e. The fourth-order valence-corrected chi connectivity index (χ4v) is 2.24. The summed E-state index contributed by atoms with van der Waals surface area (Å²) in [6.45, 7) is 5.30. The Labute approximate surface area is 123 Å². The SMILES string of the molecule is CCOC(=O)C(C(=O)OCC)[C@@H](C)[C@H]1NC(=O)C=C1OC. The number of nitrogens with one attached hydrogen (secondary N) is 1. The van der Waals surface area contributed by atoms with Gasteiger partial charge in [-0.1, -0.05) is 6.92 Å². The van der Waals surface area contributed by atoms with Crippen molar-refractivity contribution in [3.8, 4) is 0 Å². The summed E-state index contributed by atoms with van der Waals surface area (Å²) < 4.78 is 15.0. The van der Waals surface area contributed by atoms with Crippen LogP contribution in [0.25, 0.3) is 0 Å². The zero-order valence-corrected chi connectivity index (χ0v) is 12.7. The van der Waals surface area contributed by atoms with Crippen LogP contribution >= 0.6 is 0 Å². The normalized spacial score (nSPS) is 18.8. The molecule has 0 fully saturated rings. The molecule has 0 aromatic carbocycles. The van der Waals surface area contributed by atoms with Gasteiger partial charge in [0.05, 0.1) is 26.4 Å². The van der Waals surface area contributed by atoms with Gasteiger partial charge in [0.2, 0.25) is 5.91 Å². The Bertz CT molecular complexity index is 427. The summed E-state index contributed by atoms with van der Waals surface area (Å²) >= 11 is 0. The summed E-state index contributed by atoms with van der Waals surface area (Å²) in [6, 6.07) is -0.568. The van der Waals surface area contributed by atoms with Crippen LogP contribution in [0.1, 0.15) is 20.8 Å². The van der Waals surface area contributed by atoms with Gasteiger partial charge in [-0.2, -0.15) is 0 Å². The molecule has 0 aromatic heterocycles. The fraction of sp³-hybridized carbons (Fsp3) is 0.643. The first-order chi connectivity index (χ1) is 9.96. The van der Waals surface area contributed by atoms with E-state index in [1.807, 2.05) is 0 Å². The van der Waals surface area contributed by atoms with Crippen LogP contribution in [-0.2, 0) is 28.6 Å². The van der Waals surface area contributed by atoms with Gasteiger partial charge in [0.25, 0.3) is 0 Å². The van der Waals surface area contributed by atoms with E-state index < -0.39 is 29.8 Å². The highest BCUT2D eigenvalue weighted by Gasteiger charge is 2.43. The number of carbonyl (C=O) groups is 3. The molecule has 1 amide bonds. The molecule has 0 bridgehead atoms. The van der Waals surface area contributed by atoms with Crippen molar-refractivity contribution >= 4 is 17.8 Å². The fourth-order valence-electron chi connectivity index (χ4n) is 2.24. The van der Waals surface area contributed by atoms with Crippen molar-refractivity contribution in [2.75, 3.05) is 20.3 Å². The maximum Gasteiger partial charge on any atom is 0.320 e. The molecule has 0 saturated heterocycles. The second-order valence-electron chi connectivity index (χ2n) is 4.58. The van der Waals surface area contributed by atoms with E-state index in [-0.39, 0.29) is 19.1 Å². The average molecular weight is 299 g/mol. The number of carbonyl (C=O) groups excluding carboxylic acids is 3. The van der Waals surface area contributed by atoms with Crippen molar-refractivity contribution in [3.63, 3.8) is 0 Å². The molecule has 21 heavy (non-hydrogen) atoms. The minimum Gasteiger partial charge on any atom is -0.499 e. The number of amides is 1. The van der Waals surface area contributed by atoms with E-state index in [1.54, 1.807) is 20.8 Å². The van der Waals surface area contributed by atoms with Crippen LogP contribution in [0.5, 0.6) is 0 Å². The van der Waals surface area contributed by atoms with E-state index in [0.717, 1.165) is 0 Å². The van der Waals surface area contributed by atoms with Crippen molar-refractivity contribution in [1.82, 2.24) is 5.32 Å². The van der Waals surface area contributed by atoms with Crippen LogP contribution in [0.4, 0.5) is 0 Å². The first kappa shape index (κ1) is 17.0. The van der Waals surface area contributed by atoms with Crippen LogP contribution in [0.3, 0.4) is 0 Å². The lowest BCUT2D eigenvalue weighted by atomic mass is 9.87. The predicted octanol–water partition coefficient (Wildman–Crippen LogP) is 0.394. The maximum absolute atomic E-state index is 12.0. The molecule has 0 aromatic rings. The van der Waals surface area contributed by atoms with Gasteiger partial charge in [-0.05, 0) is 13.8 Å². The van der Waals surface area contributed by atoms with Crippen LogP contribution < -0.4 is 5.32 Å². The Balaban J connectivity index is 2.97. The van der Waals surface area contributed by atoms with Crippen LogP contribution in [-0.4, -0.2) is 44.2 Å². The zero-order valence-electron chi connectivity index (χ0n) is 12.7. The van der Waals surface area contributed by atoms with Gasteiger partial charge in [0, 0.05) is 12.0 Å². The first-order valence-electron chi connectivity index (χ1n) is 6.85. The Hall–Kier alpha value is -2.05. The molecule has 1 rings (SSSR count). The maximum atomic E-state index is 12.0. The van der Waals surface area contributed by atoms with Gasteiger partial charge in [0.15, 0.2) is 5.92 Å². The highest BCUT2D eigenvalue weighted by atomic mass is 16.6. The number of methoxy groups -OCH3 is 1. The van der Waals surface area contributed by atoms with E-state index in [1.165, 1.54) is 13.2 Å². The number of hydrogen-bond donors (Lipinski definition) is 1. The Morgan fingerprint density at radius 1 is 1.24 bits per heavy atom. The summed E-state index contributed by atoms with van der Waals surface area (Å²) in [7, 11) is 1.43. The van der Waals surface area contributed by atoms with E-state index in [4.69, 9.17) is 14.2 Å². The van der Waals surface area contributed by atoms with Crippen LogP contribution in [0.2, 0.25) is 0 Å². The third kappa shape index (κ3) is 3.96. The summed E-state index contributed by atoms with van der Waals surface area (Å²) in [4.78, 5) is 35.5. The number of ether oxygens (including phenoxy) is 3. The molecule has 7 nitrogen and oxygen atoms in total. The van der Waals surface area contributed by atoms with E-state index >= 15 is 0 Å². The number of rotatable bonds is 7. The minimum absolute atomic E-state index is 0.158. The van der Waals surface area contributed by atoms with Crippen LogP contribution in [0, 0.1) is 11.8 Å². The molecule has 0 unspecified atom stereocenters. The molecule has 0 spiro atoms. The topological polar surface area (TPSA) is 90.9 Å². The quantitative estimate of drug-likeness (QED) is 0.540. The van der Waals surface area contributed by atoms with Crippen LogP contribution in [0.15, 0.2) is 11.8 Å². The molecule has 118 valence electrons. The van der Waals surface area contributed by atoms with E-state index in [2.05, 4.69) is 5.32 Å². The molecular weight excluding hydrogens is 278 g/mol. The molecule has 0 saturated carbocycles. The van der Waals surface area contributed by atoms with Crippen molar-refractivity contribution in [1.29, 1.82) is 0 Å². The van der Waals surface area contributed by atoms with Gasteiger partial charge in [0.1, 0.15) is 5.76 Å². The minimum atomic E-state index is -1.12. The summed E-state index contributed by atoms with van der Waals surface area (Å²) in [6.07, 6.45) is 1.30. The Kier molecular flexibility index (Phi) is 6.20. The summed E-state index contributed by atoms with van der Waals surface area (Å²) in [5, 5.41) is 2.66. The lowest BCUT2D eigenvalue weighted by Crippen LogP contribution is -2.44. The Morgan fingerprint density at radius 3 is 2.19 bits per heavy atom. The highest BCUT2D eigenvalue weighted by Crippen LogP contribution is 2.26. The molecule has 0 radical (unpaired) electrons. The van der Waals surface area contributed by atoms with Gasteiger partial charge >= 0.3 is 11.9 Å². The summed E-state index contributed by atoms with van der Waals surface area (Å²) in [5.41, 5.74) is 0. The zero-order chi connectivity index (χ0) is 16.0. The third-order valence-electron chi connectivity index (χ3n) is 3.25. The number of hydrogen-bond acceptors (Lipinski definition) is 6. The van der Waals surface area contributed by atoms with Gasteiger partial charge in [-0.25, -0.2) is 0 Å². The summed E-state index contributed by atoms with van der Waals surface area (Å²) in [5.74, 6) is -2.95. The molecule has 2 atom stereocenters. The third-order valence-corrected chi connectivity index (χ3v) is 3.25. The van der Waals surface area contributed by atoms with Crippen molar-refractivity contribution in [2.45, 2.75) is 26.8 Å². The van der Waals surface area contributed by atoms with Crippen molar-refractivity contribution in [2.24, 2.45) is 11.8 Å². The average Bonchev–Trinajstić information content (AvgIpc) is 2.80. The lowest BCUT2D eigenvalue weighted by molar-refractivity contribution is -0.164. The molecular formula is C14H21NO6. The molecule has 1 heterocycles. The van der Waals surface area contributed by atoms with Gasteiger partial charge in [-0.3, -0.25) is 14.4 Å². The smallest absolute Gasteiger partial charge is 0.320 e. The van der Waals surface area contributed by atoms with E-state index in [0.29, 0.717) is 5.76 Å².